The van der Waals surface area contributed by atoms with Gasteiger partial charge in [0.15, 0.2) is 5.65 Å². The largest absolute Gasteiger partial charge is 0.346 e. The highest BCUT2D eigenvalue weighted by atomic mass is 19.1. The minimum atomic E-state index is -0.748. The van der Waals surface area contributed by atoms with Gasteiger partial charge in [-0.05, 0) is 42.0 Å². The number of aromatic nitrogens is 5. The summed E-state index contributed by atoms with van der Waals surface area (Å²) in [5.74, 6) is -1.50. The topological polar surface area (TPSA) is 76.5 Å². The van der Waals surface area contributed by atoms with Gasteiger partial charge >= 0.3 is 0 Å². The molecule has 0 saturated heterocycles. The second-order valence-corrected chi connectivity index (χ2v) is 6.59. The van der Waals surface area contributed by atoms with Crippen LogP contribution in [0.5, 0.6) is 0 Å². The Morgan fingerprint density at radius 3 is 2.62 bits per heavy atom. The number of H-pyrrole nitrogens is 1. The van der Waals surface area contributed by atoms with E-state index < -0.39 is 17.2 Å². The number of nitrogens with one attached hydrogen (secondary N) is 1. The van der Waals surface area contributed by atoms with Gasteiger partial charge in [0, 0.05) is 35.1 Å². The van der Waals surface area contributed by atoms with Crippen LogP contribution in [0.1, 0.15) is 5.56 Å². The van der Waals surface area contributed by atoms with E-state index in [4.69, 9.17) is 0 Å². The Balaban J connectivity index is 1.59. The average Bonchev–Trinajstić information content (AvgIpc) is 3.19. The second kappa shape index (κ2) is 6.59. The van der Waals surface area contributed by atoms with Gasteiger partial charge in [-0.25, -0.2) is 23.7 Å². The van der Waals surface area contributed by atoms with Crippen LogP contribution in [0.4, 0.5) is 8.78 Å². The summed E-state index contributed by atoms with van der Waals surface area (Å²) in [5, 5.41) is 0.841. The lowest BCUT2D eigenvalue weighted by molar-refractivity contribution is 0.544. The molecule has 5 aromatic rings. The summed E-state index contributed by atoms with van der Waals surface area (Å²) in [6, 6.07) is 9.48. The second-order valence-electron chi connectivity index (χ2n) is 6.59. The van der Waals surface area contributed by atoms with E-state index in [0.29, 0.717) is 22.3 Å². The maximum atomic E-state index is 14.8. The van der Waals surface area contributed by atoms with Crippen molar-refractivity contribution in [3.8, 4) is 11.1 Å². The highest BCUT2D eigenvalue weighted by molar-refractivity contribution is 5.81. The molecule has 4 aromatic heterocycles. The first-order chi connectivity index (χ1) is 14.1. The first-order valence-electron chi connectivity index (χ1n) is 8.82. The van der Waals surface area contributed by atoms with E-state index in [2.05, 4.69) is 19.9 Å². The Labute approximate surface area is 162 Å². The van der Waals surface area contributed by atoms with Crippen molar-refractivity contribution in [2.45, 2.75) is 6.54 Å². The van der Waals surface area contributed by atoms with Crippen LogP contribution in [-0.2, 0) is 6.54 Å². The Morgan fingerprint density at radius 1 is 0.966 bits per heavy atom. The van der Waals surface area contributed by atoms with Crippen molar-refractivity contribution in [2.75, 3.05) is 0 Å². The molecule has 142 valence electrons. The zero-order chi connectivity index (χ0) is 20.0. The molecule has 0 atom stereocenters. The van der Waals surface area contributed by atoms with Gasteiger partial charge in [0.25, 0.3) is 5.56 Å². The number of benzene rings is 1. The molecule has 0 amide bonds. The number of aromatic amines is 1. The van der Waals surface area contributed by atoms with E-state index in [1.165, 1.54) is 22.9 Å². The molecule has 0 radical (unpaired) electrons. The Hall–Kier alpha value is -3.94. The number of hydrogen-bond acceptors (Lipinski definition) is 4. The van der Waals surface area contributed by atoms with Gasteiger partial charge in [-0.3, -0.25) is 9.36 Å². The smallest absolute Gasteiger partial charge is 0.270 e. The molecular formula is C21H13F2N5O. The van der Waals surface area contributed by atoms with Crippen LogP contribution in [0, 0.1) is 11.6 Å². The summed E-state index contributed by atoms with van der Waals surface area (Å²) < 4.78 is 30.9. The number of nitrogens with zero attached hydrogens (tertiary/aromatic N) is 4. The number of hydrogen-bond donors (Lipinski definition) is 1. The molecular weight excluding hydrogens is 376 g/mol. The summed E-state index contributed by atoms with van der Waals surface area (Å²) in [4.78, 5) is 27.6. The van der Waals surface area contributed by atoms with E-state index >= 15 is 0 Å². The average molecular weight is 389 g/mol. The molecule has 0 saturated carbocycles. The van der Waals surface area contributed by atoms with Gasteiger partial charge in [-0.1, -0.05) is 0 Å². The lowest BCUT2D eigenvalue weighted by Gasteiger charge is -2.12. The summed E-state index contributed by atoms with van der Waals surface area (Å²) in [7, 11) is 0. The van der Waals surface area contributed by atoms with Crippen molar-refractivity contribution in [2.24, 2.45) is 0 Å². The fourth-order valence-electron chi connectivity index (χ4n) is 3.33. The van der Waals surface area contributed by atoms with Crippen molar-refractivity contribution >= 4 is 22.2 Å². The molecule has 0 aliphatic carbocycles. The molecule has 0 spiro atoms. The number of rotatable bonds is 3. The molecule has 8 heteroatoms. The standard InChI is InChI=1S/C21H13F2N5O/c22-16-7-13(14-6-12-3-5-24-20(12)27-9-14)8-17(23)15(16)11-28-19(29)10-26-18-2-1-4-25-21(18)28/h1-10H,11H2,(H,24,27). The van der Waals surface area contributed by atoms with Gasteiger partial charge in [-0.15, -0.1) is 0 Å². The summed E-state index contributed by atoms with van der Waals surface area (Å²) in [6.07, 6.45) is 5.92. The maximum absolute atomic E-state index is 14.8. The van der Waals surface area contributed by atoms with Crippen LogP contribution in [0.25, 0.3) is 33.3 Å². The van der Waals surface area contributed by atoms with Crippen molar-refractivity contribution in [3.05, 3.63) is 88.7 Å². The monoisotopic (exact) mass is 389 g/mol. The predicted octanol–water partition coefficient (Wildman–Crippen LogP) is 3.66. The summed E-state index contributed by atoms with van der Waals surface area (Å²) in [6.45, 7) is -0.290. The van der Waals surface area contributed by atoms with E-state index in [-0.39, 0.29) is 17.8 Å². The van der Waals surface area contributed by atoms with Crippen LogP contribution in [-0.4, -0.2) is 24.5 Å². The van der Waals surface area contributed by atoms with E-state index in [0.717, 1.165) is 11.6 Å². The molecule has 6 nitrogen and oxygen atoms in total. The molecule has 5 rings (SSSR count). The van der Waals surface area contributed by atoms with Crippen LogP contribution in [0.15, 0.2) is 66.0 Å². The van der Waals surface area contributed by atoms with E-state index in [1.54, 1.807) is 30.6 Å². The Kier molecular flexibility index (Phi) is 3.90. The van der Waals surface area contributed by atoms with Gasteiger partial charge in [0.2, 0.25) is 0 Å². The molecule has 0 bridgehead atoms. The van der Waals surface area contributed by atoms with Gasteiger partial charge in [-0.2, -0.15) is 0 Å². The highest BCUT2D eigenvalue weighted by Crippen LogP contribution is 2.26. The molecule has 0 fully saturated rings. The third kappa shape index (κ3) is 2.94. The zero-order valence-electron chi connectivity index (χ0n) is 14.9. The van der Waals surface area contributed by atoms with Crippen molar-refractivity contribution in [1.29, 1.82) is 0 Å². The fraction of sp³-hybridized carbons (Fsp3) is 0.0476. The molecule has 0 unspecified atom stereocenters. The molecule has 29 heavy (non-hydrogen) atoms. The van der Waals surface area contributed by atoms with E-state index in [9.17, 15) is 13.6 Å². The third-order valence-corrected chi connectivity index (χ3v) is 4.79. The van der Waals surface area contributed by atoms with Crippen molar-refractivity contribution in [1.82, 2.24) is 24.5 Å². The molecule has 4 heterocycles. The molecule has 1 N–H and O–H groups in total. The maximum Gasteiger partial charge on any atom is 0.270 e. The van der Waals surface area contributed by atoms with Crippen LogP contribution in [0.2, 0.25) is 0 Å². The lowest BCUT2D eigenvalue weighted by Crippen LogP contribution is -2.23. The SMILES string of the molecule is O=c1cnc2cccnc2n1Cc1c(F)cc(-c2cnc3[nH]ccc3c2)cc1F. The predicted molar refractivity (Wildman–Crippen MR) is 104 cm³/mol. The minimum absolute atomic E-state index is 0.218. The third-order valence-electron chi connectivity index (χ3n) is 4.79. The van der Waals surface area contributed by atoms with Gasteiger partial charge in [0.1, 0.15) is 22.8 Å². The van der Waals surface area contributed by atoms with E-state index in [1.807, 2.05) is 6.07 Å². The lowest BCUT2D eigenvalue weighted by atomic mass is 10.0. The van der Waals surface area contributed by atoms with Crippen LogP contribution < -0.4 is 5.56 Å². The number of fused-ring (bicyclic) bond motifs is 2. The van der Waals surface area contributed by atoms with Gasteiger partial charge in [0.05, 0.1) is 12.7 Å². The van der Waals surface area contributed by atoms with Crippen LogP contribution in [0.3, 0.4) is 0 Å². The molecule has 0 aliphatic rings. The first kappa shape index (κ1) is 17.2. The minimum Gasteiger partial charge on any atom is -0.346 e. The Bertz CT molecular complexity index is 1420. The summed E-state index contributed by atoms with van der Waals surface area (Å²) >= 11 is 0. The zero-order valence-corrected chi connectivity index (χ0v) is 14.9. The fourth-order valence-corrected chi connectivity index (χ4v) is 3.33. The summed E-state index contributed by atoms with van der Waals surface area (Å²) in [5.41, 5.74) is 1.69. The molecule has 1 aromatic carbocycles. The molecule has 0 aliphatic heterocycles. The van der Waals surface area contributed by atoms with Crippen molar-refractivity contribution in [3.63, 3.8) is 0 Å². The van der Waals surface area contributed by atoms with Gasteiger partial charge < -0.3 is 4.98 Å². The number of halogens is 2. The Morgan fingerprint density at radius 2 is 1.79 bits per heavy atom. The van der Waals surface area contributed by atoms with Crippen LogP contribution >= 0.6 is 0 Å². The number of pyridine rings is 2. The normalized spacial score (nSPS) is 11.4. The quantitative estimate of drug-likeness (QED) is 0.511. The highest BCUT2D eigenvalue weighted by Gasteiger charge is 2.16. The van der Waals surface area contributed by atoms with Crippen molar-refractivity contribution < 1.29 is 8.78 Å². The first-order valence-corrected chi connectivity index (χ1v) is 8.82.